The van der Waals surface area contributed by atoms with Gasteiger partial charge in [-0.3, -0.25) is 0 Å². The topological polar surface area (TPSA) is 52.0 Å². The Morgan fingerprint density at radius 1 is 1.17 bits per heavy atom. The Hall–Kier alpha value is -2.36. The first-order valence-corrected chi connectivity index (χ1v) is 5.56. The average Bonchev–Trinajstić information content (AvgIpc) is 2.71. The smallest absolute Gasteiger partial charge is 0.227 e. The second kappa shape index (κ2) is 3.84. The van der Waals surface area contributed by atoms with E-state index in [0.29, 0.717) is 22.7 Å². The number of rotatable bonds is 1. The lowest BCUT2D eigenvalue weighted by Crippen LogP contribution is -1.85. The number of oxazole rings is 1. The van der Waals surface area contributed by atoms with Crippen molar-refractivity contribution in [3.05, 3.63) is 47.8 Å². The van der Waals surface area contributed by atoms with E-state index in [1.54, 1.807) is 24.3 Å². The lowest BCUT2D eigenvalue weighted by molar-refractivity contribution is 0.615. The van der Waals surface area contributed by atoms with Gasteiger partial charge in [0.15, 0.2) is 5.58 Å². The van der Waals surface area contributed by atoms with E-state index in [0.717, 1.165) is 11.1 Å². The molecule has 90 valence electrons. The molecular formula is C14H11FN2O. The predicted molar refractivity (Wildman–Crippen MR) is 68.6 cm³/mol. The molecule has 0 aliphatic rings. The van der Waals surface area contributed by atoms with Crippen LogP contribution in [0.1, 0.15) is 5.56 Å². The molecule has 1 heterocycles. The lowest BCUT2D eigenvalue weighted by atomic mass is 10.1. The Balaban J connectivity index is 2.19. The maximum atomic E-state index is 13.1. The molecule has 0 fully saturated rings. The number of nitrogens with two attached hydrogens (primary N) is 1. The highest BCUT2D eigenvalue weighted by atomic mass is 19.1. The molecule has 2 aromatic carbocycles. The van der Waals surface area contributed by atoms with E-state index in [-0.39, 0.29) is 5.82 Å². The molecule has 3 rings (SSSR count). The Morgan fingerprint density at radius 2 is 2.00 bits per heavy atom. The molecule has 3 aromatic rings. The van der Waals surface area contributed by atoms with E-state index in [2.05, 4.69) is 4.98 Å². The van der Waals surface area contributed by atoms with Crippen molar-refractivity contribution in [1.82, 2.24) is 4.98 Å². The number of aryl methyl sites for hydroxylation is 1. The molecule has 0 unspecified atom stereocenters. The van der Waals surface area contributed by atoms with Crippen molar-refractivity contribution in [2.75, 3.05) is 5.73 Å². The number of nitrogen functional groups attached to an aromatic ring is 1. The third-order valence-electron chi connectivity index (χ3n) is 2.83. The van der Waals surface area contributed by atoms with Crippen LogP contribution >= 0.6 is 0 Å². The van der Waals surface area contributed by atoms with Gasteiger partial charge in [-0.15, -0.1) is 0 Å². The van der Waals surface area contributed by atoms with Gasteiger partial charge < -0.3 is 10.2 Å². The molecular weight excluding hydrogens is 231 g/mol. The first-order chi connectivity index (χ1) is 8.63. The number of aromatic nitrogens is 1. The maximum absolute atomic E-state index is 13.1. The molecule has 2 N–H and O–H groups in total. The summed E-state index contributed by atoms with van der Waals surface area (Å²) < 4.78 is 18.7. The number of fused-ring (bicyclic) bond motifs is 1. The molecule has 3 nitrogen and oxygen atoms in total. The summed E-state index contributed by atoms with van der Waals surface area (Å²) in [6, 6.07) is 9.80. The highest BCUT2D eigenvalue weighted by Gasteiger charge is 2.11. The van der Waals surface area contributed by atoms with Crippen LogP contribution < -0.4 is 5.73 Å². The summed E-state index contributed by atoms with van der Waals surface area (Å²) >= 11 is 0. The van der Waals surface area contributed by atoms with Crippen molar-refractivity contribution in [2.24, 2.45) is 0 Å². The molecule has 0 amide bonds. The minimum absolute atomic E-state index is 0.267. The van der Waals surface area contributed by atoms with E-state index in [4.69, 9.17) is 10.2 Å². The second-order valence-electron chi connectivity index (χ2n) is 4.21. The maximum Gasteiger partial charge on any atom is 0.227 e. The summed E-state index contributed by atoms with van der Waals surface area (Å²) in [6.45, 7) is 1.82. The number of anilines is 1. The van der Waals surface area contributed by atoms with Crippen LogP contribution in [-0.4, -0.2) is 4.98 Å². The molecule has 18 heavy (non-hydrogen) atoms. The lowest BCUT2D eigenvalue weighted by Gasteiger charge is -2.00. The number of benzene rings is 2. The normalized spacial score (nSPS) is 11.0. The van der Waals surface area contributed by atoms with Crippen molar-refractivity contribution in [1.29, 1.82) is 0 Å². The summed E-state index contributed by atoms with van der Waals surface area (Å²) in [5.41, 5.74) is 9.27. The Labute approximate surface area is 103 Å². The summed E-state index contributed by atoms with van der Waals surface area (Å²) in [6.07, 6.45) is 0. The van der Waals surface area contributed by atoms with Gasteiger partial charge in [0.1, 0.15) is 11.3 Å². The van der Waals surface area contributed by atoms with Gasteiger partial charge in [0.25, 0.3) is 0 Å². The van der Waals surface area contributed by atoms with Crippen LogP contribution in [0.25, 0.3) is 22.6 Å². The second-order valence-corrected chi connectivity index (χ2v) is 4.21. The number of halogens is 1. The highest BCUT2D eigenvalue weighted by molar-refractivity contribution is 5.79. The first-order valence-electron chi connectivity index (χ1n) is 5.56. The van der Waals surface area contributed by atoms with Gasteiger partial charge in [-0.05, 0) is 48.9 Å². The van der Waals surface area contributed by atoms with Crippen LogP contribution in [0, 0.1) is 12.7 Å². The van der Waals surface area contributed by atoms with E-state index >= 15 is 0 Å². The van der Waals surface area contributed by atoms with Crippen molar-refractivity contribution in [3.63, 3.8) is 0 Å². The average molecular weight is 242 g/mol. The van der Waals surface area contributed by atoms with Gasteiger partial charge in [-0.1, -0.05) is 0 Å². The minimum Gasteiger partial charge on any atom is -0.436 e. The molecule has 0 aliphatic heterocycles. The van der Waals surface area contributed by atoms with Crippen LogP contribution in [0.15, 0.2) is 40.8 Å². The van der Waals surface area contributed by atoms with Crippen molar-refractivity contribution in [3.8, 4) is 11.5 Å². The largest absolute Gasteiger partial charge is 0.436 e. The third kappa shape index (κ3) is 1.72. The zero-order chi connectivity index (χ0) is 12.7. The summed E-state index contributed by atoms with van der Waals surface area (Å²) in [5, 5.41) is 0. The van der Waals surface area contributed by atoms with Gasteiger partial charge in [-0.2, -0.15) is 0 Å². The molecule has 0 bridgehead atoms. The molecule has 0 saturated heterocycles. The standard InChI is InChI=1S/C14H11FN2O/c1-8-6-9(15)2-4-11(8)14-17-12-7-10(16)3-5-13(12)18-14/h2-7H,16H2,1H3. The number of hydrogen-bond donors (Lipinski definition) is 1. The van der Waals surface area contributed by atoms with E-state index in [1.165, 1.54) is 12.1 Å². The Morgan fingerprint density at radius 3 is 2.78 bits per heavy atom. The first kappa shape index (κ1) is 10.8. The van der Waals surface area contributed by atoms with Gasteiger partial charge in [0.2, 0.25) is 5.89 Å². The molecule has 1 aromatic heterocycles. The molecule has 0 aliphatic carbocycles. The fourth-order valence-electron chi connectivity index (χ4n) is 1.93. The van der Waals surface area contributed by atoms with Crippen LogP contribution in [-0.2, 0) is 0 Å². The van der Waals surface area contributed by atoms with E-state index < -0.39 is 0 Å². The molecule has 0 atom stereocenters. The van der Waals surface area contributed by atoms with E-state index in [9.17, 15) is 4.39 Å². The third-order valence-corrected chi connectivity index (χ3v) is 2.83. The van der Waals surface area contributed by atoms with Crippen molar-refractivity contribution >= 4 is 16.8 Å². The molecule has 0 spiro atoms. The fourth-order valence-corrected chi connectivity index (χ4v) is 1.93. The van der Waals surface area contributed by atoms with Crippen LogP contribution in [0.3, 0.4) is 0 Å². The van der Waals surface area contributed by atoms with Crippen molar-refractivity contribution < 1.29 is 8.81 Å². The zero-order valence-electron chi connectivity index (χ0n) is 9.77. The quantitative estimate of drug-likeness (QED) is 0.664. The molecule has 4 heteroatoms. The highest BCUT2D eigenvalue weighted by Crippen LogP contribution is 2.27. The summed E-state index contributed by atoms with van der Waals surface area (Å²) in [7, 11) is 0. The Kier molecular flexibility index (Phi) is 2.30. The number of nitrogens with zero attached hydrogens (tertiary/aromatic N) is 1. The zero-order valence-corrected chi connectivity index (χ0v) is 9.77. The minimum atomic E-state index is -0.267. The molecule has 0 saturated carbocycles. The van der Waals surface area contributed by atoms with Gasteiger partial charge >= 0.3 is 0 Å². The fraction of sp³-hybridized carbons (Fsp3) is 0.0714. The van der Waals surface area contributed by atoms with Gasteiger partial charge in [-0.25, -0.2) is 9.37 Å². The van der Waals surface area contributed by atoms with Crippen LogP contribution in [0.5, 0.6) is 0 Å². The van der Waals surface area contributed by atoms with E-state index in [1.807, 2.05) is 6.92 Å². The van der Waals surface area contributed by atoms with Crippen molar-refractivity contribution in [2.45, 2.75) is 6.92 Å². The Bertz CT molecular complexity index is 734. The van der Waals surface area contributed by atoms with Crippen LogP contribution in [0.2, 0.25) is 0 Å². The summed E-state index contributed by atoms with van der Waals surface area (Å²) in [5.74, 6) is 0.213. The monoisotopic (exact) mass is 242 g/mol. The molecule has 0 radical (unpaired) electrons. The van der Waals surface area contributed by atoms with Gasteiger partial charge in [0, 0.05) is 11.3 Å². The SMILES string of the molecule is Cc1cc(F)ccc1-c1nc2cc(N)ccc2o1. The van der Waals surface area contributed by atoms with Gasteiger partial charge in [0.05, 0.1) is 0 Å². The number of hydrogen-bond acceptors (Lipinski definition) is 3. The summed E-state index contributed by atoms with van der Waals surface area (Å²) in [4.78, 5) is 4.37. The predicted octanol–water partition coefficient (Wildman–Crippen LogP) is 3.52. The van der Waals surface area contributed by atoms with Crippen LogP contribution in [0.4, 0.5) is 10.1 Å².